The first kappa shape index (κ1) is 12.5. The molecule has 15 heavy (non-hydrogen) atoms. The first-order chi connectivity index (χ1) is 7.10. The van der Waals surface area contributed by atoms with Gasteiger partial charge in [0.25, 0.3) is 0 Å². The molecule has 1 rings (SSSR count). The second-order valence-electron chi connectivity index (χ2n) is 3.84. The minimum Gasteiger partial charge on any atom is -0.384 e. The van der Waals surface area contributed by atoms with Crippen molar-refractivity contribution in [3.05, 3.63) is 11.6 Å². The summed E-state index contributed by atoms with van der Waals surface area (Å²) in [6.45, 7) is 5.77. The van der Waals surface area contributed by atoms with Crippen LogP contribution in [0.4, 0.5) is 0 Å². The predicted molar refractivity (Wildman–Crippen MR) is 59.8 cm³/mol. The number of nitrogens with one attached hydrogen (secondary N) is 2. The van der Waals surface area contributed by atoms with Gasteiger partial charge in [-0.15, -0.1) is 0 Å². The molecule has 1 saturated heterocycles. The summed E-state index contributed by atoms with van der Waals surface area (Å²) in [6, 6.07) is 0. The van der Waals surface area contributed by atoms with Crippen LogP contribution in [0.5, 0.6) is 0 Å². The maximum Gasteiger partial charge on any atom is 0.230 e. The van der Waals surface area contributed by atoms with Crippen molar-refractivity contribution in [2.75, 3.05) is 33.4 Å². The molecule has 0 radical (unpaired) electrons. The van der Waals surface area contributed by atoms with Gasteiger partial charge < -0.3 is 15.4 Å². The molecular formula is C10H17ClN2O2. The number of hydrogen-bond donors (Lipinski definition) is 2. The normalized spacial score (nSPS) is 25.2. The van der Waals surface area contributed by atoms with E-state index in [1.807, 2.05) is 0 Å². The quantitative estimate of drug-likeness (QED) is 0.725. The highest BCUT2D eigenvalue weighted by atomic mass is 35.5. The van der Waals surface area contributed by atoms with Crippen LogP contribution in [-0.4, -0.2) is 39.3 Å². The van der Waals surface area contributed by atoms with E-state index in [1.54, 1.807) is 7.11 Å². The second kappa shape index (κ2) is 5.49. The molecule has 1 aliphatic heterocycles. The van der Waals surface area contributed by atoms with Crippen molar-refractivity contribution in [2.45, 2.75) is 6.42 Å². The van der Waals surface area contributed by atoms with Crippen LogP contribution in [0.15, 0.2) is 11.6 Å². The van der Waals surface area contributed by atoms with Gasteiger partial charge in [0.1, 0.15) is 0 Å². The van der Waals surface area contributed by atoms with E-state index < -0.39 is 5.41 Å². The third-order valence-corrected chi connectivity index (χ3v) is 2.72. The zero-order valence-corrected chi connectivity index (χ0v) is 9.69. The van der Waals surface area contributed by atoms with E-state index in [9.17, 15) is 4.79 Å². The summed E-state index contributed by atoms with van der Waals surface area (Å²) in [5.41, 5.74) is -0.443. The van der Waals surface area contributed by atoms with Gasteiger partial charge in [0.05, 0.1) is 18.6 Å². The van der Waals surface area contributed by atoms with Crippen LogP contribution in [0, 0.1) is 5.41 Å². The highest BCUT2D eigenvalue weighted by molar-refractivity contribution is 6.29. The van der Waals surface area contributed by atoms with Gasteiger partial charge in [-0.25, -0.2) is 0 Å². The van der Waals surface area contributed by atoms with Crippen LogP contribution in [-0.2, 0) is 9.53 Å². The molecule has 1 unspecified atom stereocenters. The Morgan fingerprint density at radius 2 is 2.47 bits per heavy atom. The number of halogens is 1. The van der Waals surface area contributed by atoms with Crippen LogP contribution in [0.1, 0.15) is 6.42 Å². The highest BCUT2D eigenvalue weighted by Gasteiger charge is 2.41. The lowest BCUT2D eigenvalue weighted by Crippen LogP contribution is -2.45. The Morgan fingerprint density at radius 3 is 2.93 bits per heavy atom. The standard InChI is InChI=1S/C10H17ClN2O2/c1-8(11)5-13-9(14)10(7-15-2)3-4-12-6-10/h12H,1,3-7H2,2H3,(H,13,14). The lowest BCUT2D eigenvalue weighted by Gasteiger charge is -2.25. The Labute approximate surface area is 95.0 Å². The third kappa shape index (κ3) is 3.19. The van der Waals surface area contributed by atoms with Crippen molar-refractivity contribution in [3.63, 3.8) is 0 Å². The fourth-order valence-electron chi connectivity index (χ4n) is 1.77. The molecule has 4 nitrogen and oxygen atoms in total. The van der Waals surface area contributed by atoms with Crippen LogP contribution < -0.4 is 10.6 Å². The Kier molecular flexibility index (Phi) is 4.57. The number of amides is 1. The summed E-state index contributed by atoms with van der Waals surface area (Å²) in [5, 5.41) is 6.36. The van der Waals surface area contributed by atoms with Gasteiger partial charge in [-0.1, -0.05) is 18.2 Å². The summed E-state index contributed by atoms with van der Waals surface area (Å²) >= 11 is 5.59. The summed E-state index contributed by atoms with van der Waals surface area (Å²) in [5.74, 6) is -0.0175. The Bertz CT molecular complexity index is 250. The van der Waals surface area contributed by atoms with E-state index in [4.69, 9.17) is 16.3 Å². The molecule has 0 saturated carbocycles. The molecule has 5 heteroatoms. The van der Waals surface area contributed by atoms with Gasteiger partial charge in [0.2, 0.25) is 5.91 Å². The summed E-state index contributed by atoms with van der Waals surface area (Å²) in [6.07, 6.45) is 0.793. The predicted octanol–water partition coefficient (Wildman–Crippen LogP) is 0.481. The maximum atomic E-state index is 11.9. The Morgan fingerprint density at radius 1 is 1.73 bits per heavy atom. The van der Waals surface area contributed by atoms with Crippen molar-refractivity contribution < 1.29 is 9.53 Å². The van der Waals surface area contributed by atoms with E-state index >= 15 is 0 Å². The lowest BCUT2D eigenvalue weighted by atomic mass is 9.87. The average Bonchev–Trinajstić information content (AvgIpc) is 2.64. The van der Waals surface area contributed by atoms with E-state index in [-0.39, 0.29) is 5.91 Å². The van der Waals surface area contributed by atoms with Crippen LogP contribution >= 0.6 is 11.6 Å². The minimum absolute atomic E-state index is 0.0175. The van der Waals surface area contributed by atoms with Crippen LogP contribution in [0.3, 0.4) is 0 Å². The fourth-order valence-corrected chi connectivity index (χ4v) is 1.83. The molecule has 0 aromatic heterocycles. The van der Waals surface area contributed by atoms with Crippen molar-refractivity contribution >= 4 is 17.5 Å². The number of rotatable bonds is 5. The van der Waals surface area contributed by atoms with Gasteiger partial charge in [0, 0.05) is 18.7 Å². The molecule has 86 valence electrons. The molecule has 0 aromatic rings. The van der Waals surface area contributed by atoms with Crippen molar-refractivity contribution in [3.8, 4) is 0 Å². The SMILES string of the molecule is C=C(Cl)CNC(=O)C1(COC)CCNC1. The highest BCUT2D eigenvalue weighted by Crippen LogP contribution is 2.26. The van der Waals surface area contributed by atoms with Crippen molar-refractivity contribution in [2.24, 2.45) is 5.41 Å². The largest absolute Gasteiger partial charge is 0.384 e. The molecule has 1 amide bonds. The first-order valence-corrected chi connectivity index (χ1v) is 5.30. The topological polar surface area (TPSA) is 50.4 Å². The Balaban J connectivity index is 2.55. The summed E-state index contributed by atoms with van der Waals surface area (Å²) < 4.78 is 5.10. The van der Waals surface area contributed by atoms with E-state index in [0.717, 1.165) is 13.0 Å². The first-order valence-electron chi connectivity index (χ1n) is 4.92. The van der Waals surface area contributed by atoms with E-state index in [1.165, 1.54) is 0 Å². The smallest absolute Gasteiger partial charge is 0.230 e. The average molecular weight is 233 g/mol. The van der Waals surface area contributed by atoms with Gasteiger partial charge in [-0.05, 0) is 13.0 Å². The van der Waals surface area contributed by atoms with Gasteiger partial charge in [0.15, 0.2) is 0 Å². The number of carbonyl (C=O) groups excluding carboxylic acids is 1. The number of ether oxygens (including phenoxy) is 1. The zero-order valence-electron chi connectivity index (χ0n) is 8.94. The molecule has 0 spiro atoms. The Hall–Kier alpha value is -0.580. The second-order valence-corrected chi connectivity index (χ2v) is 4.37. The van der Waals surface area contributed by atoms with Crippen LogP contribution in [0.2, 0.25) is 0 Å². The molecule has 0 aromatic carbocycles. The molecule has 1 fully saturated rings. The van der Waals surface area contributed by atoms with Gasteiger partial charge >= 0.3 is 0 Å². The third-order valence-electron chi connectivity index (χ3n) is 2.59. The van der Waals surface area contributed by atoms with E-state index in [2.05, 4.69) is 17.2 Å². The fraction of sp³-hybridized carbons (Fsp3) is 0.700. The number of carbonyl (C=O) groups is 1. The molecule has 1 atom stereocenters. The zero-order chi connectivity index (χ0) is 11.3. The van der Waals surface area contributed by atoms with Gasteiger partial charge in [-0.3, -0.25) is 4.79 Å². The molecule has 1 aliphatic rings. The van der Waals surface area contributed by atoms with Gasteiger partial charge in [-0.2, -0.15) is 0 Å². The maximum absolute atomic E-state index is 11.9. The molecule has 0 aliphatic carbocycles. The van der Waals surface area contributed by atoms with Crippen LogP contribution in [0.25, 0.3) is 0 Å². The van der Waals surface area contributed by atoms with E-state index in [0.29, 0.717) is 24.7 Å². The summed E-state index contributed by atoms with van der Waals surface area (Å²) in [4.78, 5) is 11.9. The molecule has 0 bridgehead atoms. The number of hydrogen-bond acceptors (Lipinski definition) is 3. The molecule has 2 N–H and O–H groups in total. The lowest BCUT2D eigenvalue weighted by molar-refractivity contribution is -0.132. The minimum atomic E-state index is -0.443. The summed E-state index contributed by atoms with van der Waals surface area (Å²) in [7, 11) is 1.60. The van der Waals surface area contributed by atoms with Crippen molar-refractivity contribution in [1.82, 2.24) is 10.6 Å². The van der Waals surface area contributed by atoms with Crippen molar-refractivity contribution in [1.29, 1.82) is 0 Å². The number of methoxy groups -OCH3 is 1. The molecular weight excluding hydrogens is 216 g/mol. The monoisotopic (exact) mass is 232 g/mol. The molecule has 1 heterocycles.